The number of nitrogens with zero attached hydrogens (tertiary/aromatic N) is 3. The molecular weight excluding hydrogens is 576 g/mol. The van der Waals surface area contributed by atoms with Crippen LogP contribution in [0.2, 0.25) is 0 Å². The van der Waals surface area contributed by atoms with Gasteiger partial charge in [-0.3, -0.25) is 14.4 Å². The second kappa shape index (κ2) is 13.1. The molecule has 1 aliphatic heterocycles. The summed E-state index contributed by atoms with van der Waals surface area (Å²) in [4.78, 5) is 28.4. The molecule has 0 unspecified atom stereocenters. The Morgan fingerprint density at radius 1 is 1.21 bits per heavy atom. The van der Waals surface area contributed by atoms with Crippen molar-refractivity contribution in [2.75, 3.05) is 31.5 Å². The number of hydrogen-bond acceptors (Lipinski definition) is 9. The number of ether oxygens (including phenoxy) is 1. The van der Waals surface area contributed by atoms with E-state index in [1.807, 2.05) is 14.0 Å². The standard InChI is InChI=1S/C30H38N4O8S/c1-18-14-34(19(2)17-35)28(36)13-24-12-25(32-43(39,40)29-20(3)31-42-21(29)4)10-11-26(24)41-27(18)16-33(5)15-22-6-8-23(9-7-22)30(37)38/h6-12,18-19,27,32,35H,13-17H2,1-5H3,(H,37,38)/t18-,19+,27-/m0/s1. The lowest BCUT2D eigenvalue weighted by atomic mass is 10.0. The Morgan fingerprint density at radius 3 is 2.51 bits per heavy atom. The first-order valence-corrected chi connectivity index (χ1v) is 15.4. The molecule has 1 aliphatic rings. The van der Waals surface area contributed by atoms with E-state index >= 15 is 0 Å². The molecule has 2 heterocycles. The third-order valence-electron chi connectivity index (χ3n) is 7.55. The number of aryl methyl sites for hydroxylation is 2. The number of carbonyl (C=O) groups is 2. The second-order valence-electron chi connectivity index (χ2n) is 11.2. The number of likely N-dealkylation sites (N-methyl/N-ethyl adjacent to an activating group) is 1. The molecule has 0 bridgehead atoms. The van der Waals surface area contributed by atoms with Gasteiger partial charge in [-0.15, -0.1) is 0 Å². The van der Waals surface area contributed by atoms with Crippen molar-refractivity contribution < 1.29 is 37.5 Å². The zero-order valence-electron chi connectivity index (χ0n) is 24.9. The van der Waals surface area contributed by atoms with Crippen molar-refractivity contribution in [1.29, 1.82) is 0 Å². The monoisotopic (exact) mass is 614 g/mol. The number of anilines is 1. The number of aromatic carboxylic acids is 1. The second-order valence-corrected chi connectivity index (χ2v) is 12.8. The fourth-order valence-corrected chi connectivity index (χ4v) is 6.59. The molecule has 0 saturated heterocycles. The zero-order valence-corrected chi connectivity index (χ0v) is 25.7. The number of rotatable bonds is 10. The third-order valence-corrected chi connectivity index (χ3v) is 9.18. The molecular formula is C30H38N4O8S. The van der Waals surface area contributed by atoms with Crippen LogP contribution in [0.4, 0.5) is 5.69 Å². The predicted octanol–water partition coefficient (Wildman–Crippen LogP) is 3.07. The van der Waals surface area contributed by atoms with Crippen molar-refractivity contribution >= 4 is 27.6 Å². The van der Waals surface area contributed by atoms with Gasteiger partial charge in [0.15, 0.2) is 10.7 Å². The van der Waals surface area contributed by atoms with Crippen LogP contribution in [0.15, 0.2) is 51.9 Å². The molecule has 1 aromatic heterocycles. The van der Waals surface area contributed by atoms with Gasteiger partial charge in [-0.25, -0.2) is 13.2 Å². The van der Waals surface area contributed by atoms with Crippen LogP contribution < -0.4 is 9.46 Å². The molecule has 3 N–H and O–H groups in total. The lowest BCUT2D eigenvalue weighted by Gasteiger charge is -2.34. The van der Waals surface area contributed by atoms with Gasteiger partial charge in [0.25, 0.3) is 10.0 Å². The highest BCUT2D eigenvalue weighted by Crippen LogP contribution is 2.31. The lowest BCUT2D eigenvalue weighted by molar-refractivity contribution is -0.134. The number of fused-ring (bicyclic) bond motifs is 1. The van der Waals surface area contributed by atoms with E-state index in [2.05, 4.69) is 14.8 Å². The largest absolute Gasteiger partial charge is 0.488 e. The minimum absolute atomic E-state index is 0.0409. The summed E-state index contributed by atoms with van der Waals surface area (Å²) in [5.74, 6) is -0.695. The first-order valence-electron chi connectivity index (χ1n) is 14.0. The Hall–Kier alpha value is -3.94. The number of carboxylic acid groups (broad SMARTS) is 1. The number of aromatic nitrogens is 1. The minimum atomic E-state index is -4.01. The van der Waals surface area contributed by atoms with Crippen LogP contribution in [0.3, 0.4) is 0 Å². The van der Waals surface area contributed by atoms with Gasteiger partial charge in [-0.2, -0.15) is 0 Å². The van der Waals surface area contributed by atoms with Crippen molar-refractivity contribution in [3.63, 3.8) is 0 Å². The fraction of sp³-hybridized carbons (Fsp3) is 0.433. The topological polar surface area (TPSA) is 163 Å². The summed E-state index contributed by atoms with van der Waals surface area (Å²) in [6.45, 7) is 8.00. The number of benzene rings is 2. The van der Waals surface area contributed by atoms with Crippen LogP contribution >= 0.6 is 0 Å². The third kappa shape index (κ3) is 7.53. The molecule has 2 aromatic carbocycles. The summed E-state index contributed by atoms with van der Waals surface area (Å²) in [5.41, 5.74) is 2.14. The smallest absolute Gasteiger partial charge is 0.335 e. The summed E-state index contributed by atoms with van der Waals surface area (Å²) >= 11 is 0. The molecule has 43 heavy (non-hydrogen) atoms. The zero-order chi connectivity index (χ0) is 31.5. The summed E-state index contributed by atoms with van der Waals surface area (Å²) in [6, 6.07) is 11.1. The Bertz CT molecular complexity index is 1550. The fourth-order valence-electron chi connectivity index (χ4n) is 5.21. The highest BCUT2D eigenvalue weighted by molar-refractivity contribution is 7.92. The summed E-state index contributed by atoms with van der Waals surface area (Å²) in [7, 11) is -2.08. The molecule has 0 saturated carbocycles. The normalized spacial score (nSPS) is 18.3. The van der Waals surface area contributed by atoms with Gasteiger partial charge in [0.05, 0.1) is 24.6 Å². The van der Waals surface area contributed by atoms with E-state index in [4.69, 9.17) is 9.26 Å². The summed E-state index contributed by atoms with van der Waals surface area (Å²) in [5, 5.41) is 22.8. The quantitative estimate of drug-likeness (QED) is 0.309. The molecule has 3 atom stereocenters. The first kappa shape index (κ1) is 32.0. The Morgan fingerprint density at radius 2 is 1.91 bits per heavy atom. The number of aliphatic hydroxyl groups excluding tert-OH is 1. The van der Waals surface area contributed by atoms with Crippen molar-refractivity contribution in [1.82, 2.24) is 15.0 Å². The van der Waals surface area contributed by atoms with Crippen molar-refractivity contribution in [3.8, 4) is 5.75 Å². The Balaban J connectivity index is 1.62. The maximum absolute atomic E-state index is 13.5. The van der Waals surface area contributed by atoms with E-state index in [1.165, 1.54) is 6.92 Å². The van der Waals surface area contributed by atoms with Crippen molar-refractivity contribution in [2.45, 2.75) is 57.7 Å². The number of amides is 1. The molecule has 232 valence electrons. The Kier molecular flexibility index (Phi) is 9.78. The van der Waals surface area contributed by atoms with Crippen LogP contribution in [0, 0.1) is 19.8 Å². The van der Waals surface area contributed by atoms with Crippen LogP contribution in [0.5, 0.6) is 5.75 Å². The predicted molar refractivity (Wildman–Crippen MR) is 159 cm³/mol. The lowest BCUT2D eigenvalue weighted by Crippen LogP contribution is -2.47. The molecule has 0 fully saturated rings. The minimum Gasteiger partial charge on any atom is -0.488 e. The SMILES string of the molecule is Cc1noc(C)c1S(=O)(=O)Nc1ccc2c(c1)CC(=O)N([C@H](C)CO)C[C@H](C)[C@H](CN(C)Cc1ccc(C(=O)O)cc1)O2. The number of nitrogens with one attached hydrogen (secondary N) is 1. The van der Waals surface area contributed by atoms with Crippen molar-refractivity contribution in [2.24, 2.45) is 5.92 Å². The molecule has 0 radical (unpaired) electrons. The van der Waals surface area contributed by atoms with Crippen LogP contribution in [0.1, 0.15) is 46.8 Å². The van der Waals surface area contributed by atoms with E-state index in [0.29, 0.717) is 30.9 Å². The maximum Gasteiger partial charge on any atom is 0.335 e. The van der Waals surface area contributed by atoms with Gasteiger partial charge >= 0.3 is 5.97 Å². The van der Waals surface area contributed by atoms with E-state index in [0.717, 1.165) is 5.56 Å². The van der Waals surface area contributed by atoms with Gasteiger partial charge in [0.2, 0.25) is 5.91 Å². The number of carboxylic acids is 1. The van der Waals surface area contributed by atoms with Crippen LogP contribution in [-0.2, 0) is 27.8 Å². The van der Waals surface area contributed by atoms with Gasteiger partial charge < -0.3 is 24.4 Å². The van der Waals surface area contributed by atoms with Gasteiger partial charge in [0.1, 0.15) is 17.5 Å². The van der Waals surface area contributed by atoms with Crippen LogP contribution in [0.25, 0.3) is 0 Å². The van der Waals surface area contributed by atoms with E-state index < -0.39 is 22.0 Å². The molecule has 0 spiro atoms. The highest BCUT2D eigenvalue weighted by Gasteiger charge is 2.32. The first-order chi connectivity index (χ1) is 20.3. The average Bonchev–Trinajstić information content (AvgIpc) is 3.31. The summed E-state index contributed by atoms with van der Waals surface area (Å²) < 4.78 is 40.4. The van der Waals surface area contributed by atoms with E-state index in [-0.39, 0.29) is 58.6 Å². The number of aliphatic hydroxyl groups is 1. The number of sulfonamides is 1. The van der Waals surface area contributed by atoms with Gasteiger partial charge in [0, 0.05) is 36.8 Å². The maximum atomic E-state index is 13.5. The molecule has 12 nitrogen and oxygen atoms in total. The van der Waals surface area contributed by atoms with Crippen LogP contribution in [-0.4, -0.2) is 84.4 Å². The Labute approximate surface area is 251 Å². The van der Waals surface area contributed by atoms with Gasteiger partial charge in [-0.05, 0) is 63.7 Å². The van der Waals surface area contributed by atoms with E-state index in [1.54, 1.807) is 61.2 Å². The molecule has 4 rings (SSSR count). The molecule has 13 heteroatoms. The highest BCUT2D eigenvalue weighted by atomic mass is 32.2. The molecule has 0 aliphatic carbocycles. The average molecular weight is 615 g/mol. The van der Waals surface area contributed by atoms with Gasteiger partial charge in [-0.1, -0.05) is 24.2 Å². The number of hydrogen-bond donors (Lipinski definition) is 3. The summed E-state index contributed by atoms with van der Waals surface area (Å²) in [6.07, 6.45) is -0.419. The molecule has 3 aromatic rings. The van der Waals surface area contributed by atoms with Crippen molar-refractivity contribution in [3.05, 3.63) is 70.6 Å². The number of carbonyl (C=O) groups excluding carboxylic acids is 1. The molecule has 1 amide bonds. The van der Waals surface area contributed by atoms with E-state index in [9.17, 15) is 28.2 Å².